The number of amides is 1. The van der Waals surface area contributed by atoms with E-state index in [1.807, 2.05) is 0 Å². The second kappa shape index (κ2) is 7.49. The Hall–Kier alpha value is -3.34. The number of carbonyl (C=O) groups is 1. The molecule has 0 atom stereocenters. The van der Waals surface area contributed by atoms with E-state index in [4.69, 9.17) is 0 Å². The summed E-state index contributed by atoms with van der Waals surface area (Å²) in [5.41, 5.74) is 0.730. The lowest BCUT2D eigenvalue weighted by Gasteiger charge is -2.03. The number of halogens is 1. The Morgan fingerprint density at radius 2 is 1.88 bits per heavy atom. The number of hydrogen-bond acceptors (Lipinski definition) is 7. The van der Waals surface area contributed by atoms with Crippen molar-refractivity contribution in [1.82, 2.24) is 5.43 Å². The van der Waals surface area contributed by atoms with Crippen molar-refractivity contribution in [3.05, 3.63) is 72.2 Å². The third kappa shape index (κ3) is 4.14. The van der Waals surface area contributed by atoms with Gasteiger partial charge in [0.25, 0.3) is 11.6 Å². The Morgan fingerprint density at radius 3 is 2.48 bits per heavy atom. The predicted molar refractivity (Wildman–Crippen MR) is 90.6 cm³/mol. The van der Waals surface area contributed by atoms with E-state index in [9.17, 15) is 30.1 Å². The SMILES string of the molecule is O=C(N/N=C/c1cc([N+](=O)[O-])cc([N+](=O)[O-])c1O)c1ccccc1Br. The Kier molecular flexibility index (Phi) is 5.39. The average molecular weight is 409 g/mol. The summed E-state index contributed by atoms with van der Waals surface area (Å²) >= 11 is 3.19. The van der Waals surface area contributed by atoms with Crippen LogP contribution in [0.25, 0.3) is 0 Å². The molecule has 0 saturated heterocycles. The van der Waals surface area contributed by atoms with Crippen LogP contribution in [-0.4, -0.2) is 27.1 Å². The van der Waals surface area contributed by atoms with E-state index in [1.165, 1.54) is 6.07 Å². The van der Waals surface area contributed by atoms with Crippen LogP contribution < -0.4 is 5.43 Å². The second-order valence-electron chi connectivity index (χ2n) is 4.60. The molecule has 2 N–H and O–H groups in total. The number of nitrogens with one attached hydrogen (secondary N) is 1. The third-order valence-electron chi connectivity index (χ3n) is 3.00. The molecular formula is C14H9BrN4O6. The van der Waals surface area contributed by atoms with Gasteiger partial charge < -0.3 is 5.11 Å². The molecule has 0 heterocycles. The molecule has 10 nitrogen and oxygen atoms in total. The number of benzene rings is 2. The van der Waals surface area contributed by atoms with Crippen molar-refractivity contribution in [3.63, 3.8) is 0 Å². The van der Waals surface area contributed by atoms with Crippen LogP contribution in [0.3, 0.4) is 0 Å². The van der Waals surface area contributed by atoms with Crippen molar-refractivity contribution in [2.24, 2.45) is 5.10 Å². The molecule has 0 aliphatic heterocycles. The number of nitrogens with zero attached hydrogens (tertiary/aromatic N) is 3. The lowest BCUT2D eigenvalue weighted by molar-refractivity contribution is -0.394. The number of rotatable bonds is 5. The lowest BCUT2D eigenvalue weighted by Crippen LogP contribution is -2.18. The molecule has 0 spiro atoms. The van der Waals surface area contributed by atoms with Crippen LogP contribution in [0, 0.1) is 20.2 Å². The Balaban J connectivity index is 2.29. The molecule has 2 aromatic rings. The maximum atomic E-state index is 12.0. The zero-order valence-corrected chi connectivity index (χ0v) is 13.8. The maximum Gasteiger partial charge on any atom is 0.318 e. The maximum absolute atomic E-state index is 12.0. The standard InChI is InChI=1S/C14H9BrN4O6/c15-11-4-2-1-3-10(11)14(21)17-16-7-8-5-9(18(22)23)6-12(13(8)20)19(24)25/h1-7,20H,(H,17,21)/b16-7+. The summed E-state index contributed by atoms with van der Waals surface area (Å²) in [6, 6.07) is 8.06. The number of non-ortho nitro benzene ring substituents is 1. The van der Waals surface area contributed by atoms with Crippen molar-refractivity contribution >= 4 is 39.4 Å². The van der Waals surface area contributed by atoms with Crippen molar-refractivity contribution in [2.75, 3.05) is 0 Å². The fraction of sp³-hybridized carbons (Fsp3) is 0. The van der Waals surface area contributed by atoms with Gasteiger partial charge in [-0.1, -0.05) is 12.1 Å². The molecule has 0 aliphatic carbocycles. The highest BCUT2D eigenvalue weighted by atomic mass is 79.9. The number of hydrogen-bond donors (Lipinski definition) is 2. The van der Waals surface area contributed by atoms with Gasteiger partial charge in [0.05, 0.1) is 33.3 Å². The van der Waals surface area contributed by atoms with Gasteiger partial charge in [0.1, 0.15) is 0 Å². The summed E-state index contributed by atoms with van der Waals surface area (Å²) in [5, 5.41) is 35.1. The topological polar surface area (TPSA) is 148 Å². The van der Waals surface area contributed by atoms with E-state index in [-0.39, 0.29) is 11.1 Å². The first-order chi connectivity index (χ1) is 11.8. The minimum absolute atomic E-state index is 0.284. The molecule has 0 fully saturated rings. The van der Waals surface area contributed by atoms with Gasteiger partial charge in [-0.05, 0) is 28.1 Å². The number of phenols is 1. The van der Waals surface area contributed by atoms with Crippen LogP contribution in [-0.2, 0) is 0 Å². The van der Waals surface area contributed by atoms with Crippen molar-refractivity contribution in [2.45, 2.75) is 0 Å². The molecule has 25 heavy (non-hydrogen) atoms. The second-order valence-corrected chi connectivity index (χ2v) is 5.45. The van der Waals surface area contributed by atoms with Gasteiger partial charge in [-0.3, -0.25) is 25.0 Å². The van der Waals surface area contributed by atoms with E-state index >= 15 is 0 Å². The number of aromatic hydroxyl groups is 1. The van der Waals surface area contributed by atoms with Crippen LogP contribution in [0.15, 0.2) is 46.0 Å². The molecule has 1 amide bonds. The Bertz CT molecular complexity index is 899. The monoisotopic (exact) mass is 408 g/mol. The normalized spacial score (nSPS) is 10.6. The molecule has 0 unspecified atom stereocenters. The number of nitro benzene ring substituents is 2. The molecule has 2 aromatic carbocycles. The van der Waals surface area contributed by atoms with Crippen molar-refractivity contribution in [3.8, 4) is 5.75 Å². The highest BCUT2D eigenvalue weighted by molar-refractivity contribution is 9.10. The van der Waals surface area contributed by atoms with Gasteiger partial charge in [-0.2, -0.15) is 5.10 Å². The van der Waals surface area contributed by atoms with Gasteiger partial charge in [-0.25, -0.2) is 5.43 Å². The van der Waals surface area contributed by atoms with Gasteiger partial charge in [-0.15, -0.1) is 0 Å². The van der Waals surface area contributed by atoms with Crippen molar-refractivity contribution < 1.29 is 19.7 Å². The smallest absolute Gasteiger partial charge is 0.318 e. The first-order valence-electron chi connectivity index (χ1n) is 6.55. The van der Waals surface area contributed by atoms with Crippen molar-refractivity contribution in [1.29, 1.82) is 0 Å². The molecule has 0 aliphatic rings. The first kappa shape index (κ1) is 18.0. The summed E-state index contributed by atoms with van der Waals surface area (Å²) in [6.45, 7) is 0. The van der Waals surface area contributed by atoms with E-state index in [2.05, 4.69) is 26.5 Å². The molecule has 0 saturated carbocycles. The first-order valence-corrected chi connectivity index (χ1v) is 7.34. The highest BCUT2D eigenvalue weighted by Crippen LogP contribution is 2.33. The lowest BCUT2D eigenvalue weighted by atomic mass is 10.1. The summed E-state index contributed by atoms with van der Waals surface area (Å²) < 4.78 is 0.525. The average Bonchev–Trinajstić information content (AvgIpc) is 2.56. The minimum atomic E-state index is -0.959. The van der Waals surface area contributed by atoms with E-state index in [0.29, 0.717) is 10.5 Å². The van der Waals surface area contributed by atoms with E-state index in [0.717, 1.165) is 12.3 Å². The van der Waals surface area contributed by atoms with Crippen LogP contribution in [0.2, 0.25) is 0 Å². The van der Waals surface area contributed by atoms with E-state index < -0.39 is 32.9 Å². The van der Waals surface area contributed by atoms with Crippen LogP contribution in [0.5, 0.6) is 5.75 Å². The van der Waals surface area contributed by atoms with Gasteiger partial charge >= 0.3 is 5.69 Å². The minimum Gasteiger partial charge on any atom is -0.502 e. The third-order valence-corrected chi connectivity index (χ3v) is 3.69. The molecule has 2 rings (SSSR count). The highest BCUT2D eigenvalue weighted by Gasteiger charge is 2.23. The van der Waals surface area contributed by atoms with Crippen LogP contribution >= 0.6 is 15.9 Å². The van der Waals surface area contributed by atoms with Crippen LogP contribution in [0.1, 0.15) is 15.9 Å². The van der Waals surface area contributed by atoms with Gasteiger partial charge in [0.2, 0.25) is 5.75 Å². The fourth-order valence-corrected chi connectivity index (χ4v) is 2.30. The molecule has 0 aromatic heterocycles. The summed E-state index contributed by atoms with van der Waals surface area (Å²) in [7, 11) is 0. The number of hydrazone groups is 1. The fourth-order valence-electron chi connectivity index (χ4n) is 1.83. The number of carbonyl (C=O) groups excluding carboxylic acids is 1. The largest absolute Gasteiger partial charge is 0.502 e. The van der Waals surface area contributed by atoms with Gasteiger partial charge in [0.15, 0.2) is 0 Å². The zero-order chi connectivity index (χ0) is 18.6. The quantitative estimate of drug-likeness (QED) is 0.441. The van der Waals surface area contributed by atoms with Gasteiger partial charge in [0, 0.05) is 10.5 Å². The number of phenolic OH excluding ortho intramolecular Hbond substituents is 1. The molecule has 0 radical (unpaired) electrons. The summed E-state index contributed by atoms with van der Waals surface area (Å²) in [6.07, 6.45) is 0.879. The van der Waals surface area contributed by atoms with Crippen LogP contribution in [0.4, 0.5) is 11.4 Å². The zero-order valence-electron chi connectivity index (χ0n) is 12.2. The molecule has 0 bridgehead atoms. The Labute approximate surface area is 148 Å². The molecular weight excluding hydrogens is 400 g/mol. The number of nitro groups is 2. The van der Waals surface area contributed by atoms with E-state index in [1.54, 1.807) is 18.2 Å². The molecule has 128 valence electrons. The Morgan fingerprint density at radius 1 is 1.20 bits per heavy atom. The predicted octanol–water partition coefficient (Wildman–Crippen LogP) is 2.74. The molecule has 11 heteroatoms. The summed E-state index contributed by atoms with van der Waals surface area (Å²) in [4.78, 5) is 31.8. The summed E-state index contributed by atoms with van der Waals surface area (Å²) in [5.74, 6) is -1.38.